The molecule has 0 aromatic heterocycles. The Labute approximate surface area is 128 Å². The van der Waals surface area contributed by atoms with Gasteiger partial charge in [0.25, 0.3) is 0 Å². The first-order valence-electron chi connectivity index (χ1n) is 8.32. The lowest BCUT2D eigenvalue weighted by atomic mass is 10.0. The van der Waals surface area contributed by atoms with Gasteiger partial charge in [0.15, 0.2) is 0 Å². The molecule has 1 saturated heterocycles. The van der Waals surface area contributed by atoms with Crippen molar-refractivity contribution in [1.29, 1.82) is 0 Å². The third-order valence-corrected chi connectivity index (χ3v) is 4.37. The summed E-state index contributed by atoms with van der Waals surface area (Å²) in [4.78, 5) is 15.0. The molecule has 0 spiro atoms. The van der Waals surface area contributed by atoms with Crippen LogP contribution in [0.3, 0.4) is 0 Å². The lowest BCUT2D eigenvalue weighted by molar-refractivity contribution is -0.132. The summed E-state index contributed by atoms with van der Waals surface area (Å²) in [5.41, 5.74) is 1.07. The van der Waals surface area contributed by atoms with E-state index in [9.17, 15) is 4.79 Å². The molecule has 116 valence electrons. The van der Waals surface area contributed by atoms with Crippen molar-refractivity contribution >= 4 is 5.91 Å². The number of amides is 1. The van der Waals surface area contributed by atoms with E-state index in [2.05, 4.69) is 31.0 Å². The molecule has 3 heteroatoms. The summed E-state index contributed by atoms with van der Waals surface area (Å²) < 4.78 is 0. The molecule has 1 heterocycles. The molecule has 3 nitrogen and oxygen atoms in total. The minimum Gasteiger partial charge on any atom is -0.323 e. The van der Waals surface area contributed by atoms with Gasteiger partial charge < -0.3 is 4.90 Å². The fraction of sp³-hybridized carbons (Fsp3) is 0.611. The summed E-state index contributed by atoms with van der Waals surface area (Å²) in [5.74, 6) is 0.239. The Morgan fingerprint density at radius 1 is 1.14 bits per heavy atom. The number of hydrogen-bond donors (Lipinski definition) is 1. The molecule has 3 unspecified atom stereocenters. The van der Waals surface area contributed by atoms with E-state index in [0.717, 1.165) is 24.8 Å². The van der Waals surface area contributed by atoms with Crippen molar-refractivity contribution in [2.24, 2.45) is 0 Å². The van der Waals surface area contributed by atoms with Crippen LogP contribution in [0.2, 0.25) is 0 Å². The van der Waals surface area contributed by atoms with Gasteiger partial charge in [-0.1, -0.05) is 63.4 Å². The molecule has 2 rings (SSSR count). The first-order valence-corrected chi connectivity index (χ1v) is 8.32. The molecule has 1 amide bonds. The van der Waals surface area contributed by atoms with Gasteiger partial charge in [-0.15, -0.1) is 0 Å². The van der Waals surface area contributed by atoms with Crippen molar-refractivity contribution in [3.63, 3.8) is 0 Å². The van der Waals surface area contributed by atoms with E-state index < -0.39 is 0 Å². The van der Waals surface area contributed by atoms with E-state index in [4.69, 9.17) is 0 Å². The van der Waals surface area contributed by atoms with Crippen LogP contribution in [0.15, 0.2) is 30.3 Å². The van der Waals surface area contributed by atoms with Crippen molar-refractivity contribution in [2.75, 3.05) is 0 Å². The molecule has 0 saturated carbocycles. The molecular weight excluding hydrogens is 260 g/mol. The summed E-state index contributed by atoms with van der Waals surface area (Å²) in [6.45, 7) is 6.52. The molecule has 0 aliphatic carbocycles. The van der Waals surface area contributed by atoms with E-state index in [0.29, 0.717) is 6.04 Å². The van der Waals surface area contributed by atoms with E-state index >= 15 is 0 Å². The zero-order valence-corrected chi connectivity index (χ0v) is 13.5. The average molecular weight is 288 g/mol. The van der Waals surface area contributed by atoms with Crippen molar-refractivity contribution < 1.29 is 4.79 Å². The SMILES string of the molecule is CCCCC(CCC)N1C(=O)C(c2ccccc2)NC1C. The van der Waals surface area contributed by atoms with Gasteiger partial charge in [-0.3, -0.25) is 10.1 Å². The monoisotopic (exact) mass is 288 g/mol. The molecule has 1 fully saturated rings. The van der Waals surface area contributed by atoms with Crippen LogP contribution in [-0.4, -0.2) is 23.0 Å². The first-order chi connectivity index (χ1) is 10.2. The van der Waals surface area contributed by atoms with E-state index in [1.54, 1.807) is 0 Å². The highest BCUT2D eigenvalue weighted by atomic mass is 16.2. The van der Waals surface area contributed by atoms with Crippen LogP contribution < -0.4 is 5.32 Å². The zero-order chi connectivity index (χ0) is 15.2. The first kappa shape index (κ1) is 16.0. The molecule has 0 bridgehead atoms. The fourth-order valence-corrected chi connectivity index (χ4v) is 3.31. The summed E-state index contributed by atoms with van der Waals surface area (Å²) in [5, 5.41) is 3.46. The van der Waals surface area contributed by atoms with Gasteiger partial charge in [0.1, 0.15) is 6.04 Å². The van der Waals surface area contributed by atoms with Crippen LogP contribution in [0.4, 0.5) is 0 Å². The second-order valence-electron chi connectivity index (χ2n) is 6.02. The van der Waals surface area contributed by atoms with Crippen LogP contribution >= 0.6 is 0 Å². The largest absolute Gasteiger partial charge is 0.323 e. The Hall–Kier alpha value is -1.35. The molecule has 1 aliphatic heterocycles. The number of benzene rings is 1. The Morgan fingerprint density at radius 2 is 1.86 bits per heavy atom. The molecule has 0 radical (unpaired) electrons. The summed E-state index contributed by atoms with van der Waals surface area (Å²) >= 11 is 0. The predicted octanol–water partition coefficient (Wildman–Crippen LogP) is 3.86. The number of hydrogen-bond acceptors (Lipinski definition) is 2. The van der Waals surface area contributed by atoms with Crippen LogP contribution in [0, 0.1) is 0 Å². The second kappa shape index (κ2) is 7.60. The third kappa shape index (κ3) is 3.65. The van der Waals surface area contributed by atoms with Crippen molar-refractivity contribution in [1.82, 2.24) is 10.2 Å². The molecule has 21 heavy (non-hydrogen) atoms. The Morgan fingerprint density at radius 3 is 2.48 bits per heavy atom. The Bertz CT molecular complexity index is 446. The van der Waals surface area contributed by atoms with E-state index in [-0.39, 0.29) is 18.1 Å². The maximum atomic E-state index is 12.9. The average Bonchev–Trinajstić information content (AvgIpc) is 2.80. The standard InChI is InChI=1S/C18H28N2O/c1-4-6-13-16(10-5-2)20-14(3)19-17(18(20)21)15-11-8-7-9-12-15/h7-9,11-12,14,16-17,19H,4-6,10,13H2,1-3H3. The van der Waals surface area contributed by atoms with E-state index in [1.807, 2.05) is 30.3 Å². The molecule has 3 atom stereocenters. The minimum atomic E-state index is -0.179. The molecular formula is C18H28N2O. The summed E-state index contributed by atoms with van der Waals surface area (Å²) in [6.07, 6.45) is 5.84. The number of nitrogens with one attached hydrogen (secondary N) is 1. The van der Waals surface area contributed by atoms with Gasteiger partial charge in [0, 0.05) is 6.04 Å². The smallest absolute Gasteiger partial charge is 0.245 e. The third-order valence-electron chi connectivity index (χ3n) is 4.37. The van der Waals surface area contributed by atoms with Gasteiger partial charge >= 0.3 is 0 Å². The lowest BCUT2D eigenvalue weighted by Gasteiger charge is -2.31. The van der Waals surface area contributed by atoms with Crippen molar-refractivity contribution in [3.05, 3.63) is 35.9 Å². The Kier molecular flexibility index (Phi) is 5.80. The maximum absolute atomic E-state index is 12.9. The summed E-state index contributed by atoms with van der Waals surface area (Å²) in [6, 6.07) is 10.3. The number of nitrogens with zero attached hydrogens (tertiary/aromatic N) is 1. The number of carbonyl (C=O) groups is 1. The maximum Gasteiger partial charge on any atom is 0.245 e. The minimum absolute atomic E-state index is 0.121. The lowest BCUT2D eigenvalue weighted by Crippen LogP contribution is -2.43. The molecule has 1 aromatic carbocycles. The molecule has 1 aromatic rings. The topological polar surface area (TPSA) is 32.3 Å². The second-order valence-corrected chi connectivity index (χ2v) is 6.02. The predicted molar refractivity (Wildman–Crippen MR) is 86.8 cm³/mol. The van der Waals surface area contributed by atoms with Gasteiger partial charge in [0.2, 0.25) is 5.91 Å². The van der Waals surface area contributed by atoms with Crippen molar-refractivity contribution in [3.8, 4) is 0 Å². The van der Waals surface area contributed by atoms with Crippen molar-refractivity contribution in [2.45, 2.75) is 71.1 Å². The van der Waals surface area contributed by atoms with Gasteiger partial charge in [0.05, 0.1) is 6.17 Å². The highest BCUT2D eigenvalue weighted by Gasteiger charge is 2.40. The van der Waals surface area contributed by atoms with Crippen LogP contribution in [0.25, 0.3) is 0 Å². The van der Waals surface area contributed by atoms with Gasteiger partial charge in [-0.25, -0.2) is 0 Å². The zero-order valence-electron chi connectivity index (χ0n) is 13.5. The number of unbranched alkanes of at least 4 members (excludes halogenated alkanes) is 1. The van der Waals surface area contributed by atoms with E-state index in [1.165, 1.54) is 12.8 Å². The van der Waals surface area contributed by atoms with Gasteiger partial charge in [-0.05, 0) is 25.3 Å². The van der Waals surface area contributed by atoms with Crippen LogP contribution in [0.5, 0.6) is 0 Å². The highest BCUT2D eigenvalue weighted by molar-refractivity contribution is 5.85. The highest BCUT2D eigenvalue weighted by Crippen LogP contribution is 2.28. The van der Waals surface area contributed by atoms with Gasteiger partial charge in [-0.2, -0.15) is 0 Å². The fourth-order valence-electron chi connectivity index (χ4n) is 3.31. The molecule has 1 aliphatic rings. The normalized spacial score (nSPS) is 23.6. The quantitative estimate of drug-likeness (QED) is 0.826. The Balaban J connectivity index is 2.14. The number of carbonyl (C=O) groups excluding carboxylic acids is 1. The van der Waals surface area contributed by atoms with Crippen LogP contribution in [0.1, 0.15) is 64.5 Å². The summed E-state index contributed by atoms with van der Waals surface area (Å²) in [7, 11) is 0. The number of rotatable bonds is 7. The molecule has 1 N–H and O–H groups in total. The van der Waals surface area contributed by atoms with Crippen LogP contribution in [-0.2, 0) is 4.79 Å².